The van der Waals surface area contributed by atoms with E-state index in [0.717, 1.165) is 11.3 Å². The predicted molar refractivity (Wildman–Crippen MR) is 101 cm³/mol. The van der Waals surface area contributed by atoms with Crippen molar-refractivity contribution in [3.05, 3.63) is 47.3 Å². The first-order valence-electron chi connectivity index (χ1n) is 8.81. The minimum absolute atomic E-state index is 0.166. The van der Waals surface area contributed by atoms with E-state index in [2.05, 4.69) is 10.1 Å². The summed E-state index contributed by atoms with van der Waals surface area (Å²) in [5.41, 5.74) is 0.630. The van der Waals surface area contributed by atoms with E-state index in [1.54, 1.807) is 17.5 Å². The number of amides is 1. The quantitative estimate of drug-likeness (QED) is 0.735. The zero-order valence-corrected chi connectivity index (χ0v) is 16.8. The van der Waals surface area contributed by atoms with Crippen molar-refractivity contribution in [3.63, 3.8) is 0 Å². The van der Waals surface area contributed by atoms with Crippen LogP contribution in [0.5, 0.6) is 5.75 Å². The largest absolute Gasteiger partial charge is 0.573 e. The molecule has 29 heavy (non-hydrogen) atoms. The Morgan fingerprint density at radius 2 is 1.83 bits per heavy atom. The molecule has 158 valence electrons. The number of rotatable bonds is 6. The maximum atomic E-state index is 12.5. The highest BCUT2D eigenvalue weighted by Crippen LogP contribution is 2.26. The summed E-state index contributed by atoms with van der Waals surface area (Å²) in [6.45, 7) is 0.697. The van der Waals surface area contributed by atoms with Crippen LogP contribution in [0.1, 0.15) is 18.4 Å². The number of piperidine rings is 1. The average molecular weight is 448 g/mol. The molecule has 1 fully saturated rings. The molecule has 6 nitrogen and oxygen atoms in total. The lowest BCUT2D eigenvalue weighted by Gasteiger charge is -2.30. The third-order valence-corrected chi connectivity index (χ3v) is 7.81. The summed E-state index contributed by atoms with van der Waals surface area (Å²) in [6.07, 6.45) is -3.93. The van der Waals surface area contributed by atoms with E-state index in [1.165, 1.54) is 28.6 Å². The second kappa shape index (κ2) is 8.72. The van der Waals surface area contributed by atoms with E-state index in [1.807, 2.05) is 0 Å². The van der Waals surface area contributed by atoms with Gasteiger partial charge in [-0.2, -0.15) is 4.31 Å². The van der Waals surface area contributed by atoms with Gasteiger partial charge >= 0.3 is 6.36 Å². The molecule has 1 amide bonds. The lowest BCUT2D eigenvalue weighted by Crippen LogP contribution is -2.42. The molecule has 0 bridgehead atoms. The third-order valence-electron chi connectivity index (χ3n) is 4.54. The lowest BCUT2D eigenvalue weighted by atomic mass is 9.97. The lowest BCUT2D eigenvalue weighted by molar-refractivity contribution is -0.274. The zero-order chi connectivity index (χ0) is 21.1. The van der Waals surface area contributed by atoms with Crippen molar-refractivity contribution in [2.24, 2.45) is 5.92 Å². The van der Waals surface area contributed by atoms with E-state index in [9.17, 15) is 26.4 Å². The van der Waals surface area contributed by atoms with Gasteiger partial charge in [-0.15, -0.1) is 24.5 Å². The molecule has 0 spiro atoms. The summed E-state index contributed by atoms with van der Waals surface area (Å²) >= 11 is 1.16. The van der Waals surface area contributed by atoms with Gasteiger partial charge in [0.25, 0.3) is 10.0 Å². The van der Waals surface area contributed by atoms with Gasteiger partial charge < -0.3 is 10.1 Å². The van der Waals surface area contributed by atoms with Crippen molar-refractivity contribution in [1.82, 2.24) is 9.62 Å². The molecular weight excluding hydrogens is 429 g/mol. The summed E-state index contributed by atoms with van der Waals surface area (Å²) in [5, 5.41) is 4.45. The van der Waals surface area contributed by atoms with Crippen LogP contribution in [-0.4, -0.2) is 38.1 Å². The molecule has 1 saturated heterocycles. The fraction of sp³-hybridized carbons (Fsp3) is 0.389. The molecule has 0 aliphatic carbocycles. The second-order valence-electron chi connectivity index (χ2n) is 6.52. The number of ether oxygens (including phenoxy) is 1. The summed E-state index contributed by atoms with van der Waals surface area (Å²) in [5.74, 6) is -0.835. The molecule has 0 saturated carbocycles. The molecule has 1 aromatic carbocycles. The van der Waals surface area contributed by atoms with Gasteiger partial charge in [0.15, 0.2) is 0 Å². The van der Waals surface area contributed by atoms with Crippen molar-refractivity contribution < 1.29 is 31.1 Å². The van der Waals surface area contributed by atoms with Crippen LogP contribution >= 0.6 is 11.3 Å². The highest BCUT2D eigenvalue weighted by molar-refractivity contribution is 7.91. The molecule has 1 aliphatic heterocycles. The number of halogens is 3. The zero-order valence-electron chi connectivity index (χ0n) is 15.2. The molecule has 11 heteroatoms. The Bertz CT molecular complexity index is 921. The molecule has 2 heterocycles. The van der Waals surface area contributed by atoms with Crippen LogP contribution in [0.25, 0.3) is 0 Å². The number of benzene rings is 1. The van der Waals surface area contributed by atoms with Crippen molar-refractivity contribution in [2.75, 3.05) is 13.1 Å². The molecule has 3 rings (SSSR count). The van der Waals surface area contributed by atoms with Gasteiger partial charge in [-0.25, -0.2) is 8.42 Å². The SMILES string of the molecule is O=C(NCc1ccc(OC(F)(F)F)cc1)C1CCN(S(=O)(=O)c2cccs2)CC1. The molecule has 0 atom stereocenters. The van der Waals surface area contributed by atoms with E-state index in [-0.39, 0.29) is 37.2 Å². The maximum Gasteiger partial charge on any atom is 0.573 e. The number of nitrogens with one attached hydrogen (secondary N) is 1. The number of carbonyl (C=O) groups excluding carboxylic acids is 1. The van der Waals surface area contributed by atoms with Crippen molar-refractivity contribution in [3.8, 4) is 5.75 Å². The fourth-order valence-corrected chi connectivity index (χ4v) is 5.65. The number of sulfonamides is 1. The van der Waals surface area contributed by atoms with Crippen molar-refractivity contribution >= 4 is 27.3 Å². The number of thiophene rings is 1. The van der Waals surface area contributed by atoms with Crippen molar-refractivity contribution in [1.29, 1.82) is 0 Å². The minimum Gasteiger partial charge on any atom is -0.406 e. The normalized spacial score (nSPS) is 16.5. The summed E-state index contributed by atoms with van der Waals surface area (Å²) in [6, 6.07) is 8.49. The Balaban J connectivity index is 1.48. The molecule has 1 N–H and O–H groups in total. The van der Waals surface area contributed by atoms with Gasteiger partial charge in [0.2, 0.25) is 5.91 Å². The third kappa shape index (κ3) is 5.71. The maximum absolute atomic E-state index is 12.5. The van der Waals surface area contributed by atoms with Crippen LogP contribution in [0.15, 0.2) is 46.0 Å². The van der Waals surface area contributed by atoms with Crippen LogP contribution < -0.4 is 10.1 Å². The van der Waals surface area contributed by atoms with E-state index in [0.29, 0.717) is 22.6 Å². The molecular formula is C18H19F3N2O4S2. The number of hydrogen-bond acceptors (Lipinski definition) is 5. The fourth-order valence-electron chi connectivity index (χ4n) is 3.04. The summed E-state index contributed by atoms with van der Waals surface area (Å²) < 4.78 is 67.0. The van der Waals surface area contributed by atoms with Crippen LogP contribution in [0, 0.1) is 5.92 Å². The summed E-state index contributed by atoms with van der Waals surface area (Å²) in [7, 11) is -3.51. The molecule has 1 aromatic heterocycles. The Morgan fingerprint density at radius 1 is 1.17 bits per heavy atom. The Hall–Kier alpha value is -2.11. The first-order valence-corrected chi connectivity index (χ1v) is 11.1. The highest BCUT2D eigenvalue weighted by Gasteiger charge is 2.33. The topological polar surface area (TPSA) is 75.7 Å². The van der Waals surface area contributed by atoms with Gasteiger partial charge in [0.05, 0.1) is 0 Å². The molecule has 2 aromatic rings. The predicted octanol–water partition coefficient (Wildman–Crippen LogP) is 3.36. The second-order valence-corrected chi connectivity index (χ2v) is 9.63. The average Bonchev–Trinajstić information content (AvgIpc) is 3.22. The van der Waals surface area contributed by atoms with Crippen LogP contribution in [-0.2, 0) is 21.4 Å². The van der Waals surface area contributed by atoms with E-state index in [4.69, 9.17) is 0 Å². The van der Waals surface area contributed by atoms with Crippen LogP contribution in [0.4, 0.5) is 13.2 Å². The minimum atomic E-state index is -4.75. The smallest absolute Gasteiger partial charge is 0.406 e. The van der Waals surface area contributed by atoms with E-state index < -0.39 is 16.4 Å². The molecule has 0 radical (unpaired) electrons. The van der Waals surface area contributed by atoms with Gasteiger partial charge in [-0.05, 0) is 42.0 Å². The van der Waals surface area contributed by atoms with Gasteiger partial charge in [0.1, 0.15) is 9.96 Å². The van der Waals surface area contributed by atoms with Gasteiger partial charge in [-0.3, -0.25) is 4.79 Å². The Morgan fingerprint density at radius 3 is 2.38 bits per heavy atom. The first kappa shape index (κ1) is 21.6. The number of alkyl halides is 3. The molecule has 0 unspecified atom stereocenters. The number of hydrogen-bond donors (Lipinski definition) is 1. The number of carbonyl (C=O) groups is 1. The van der Waals surface area contributed by atoms with Crippen molar-refractivity contribution in [2.45, 2.75) is 30.0 Å². The monoisotopic (exact) mass is 448 g/mol. The first-order chi connectivity index (χ1) is 13.6. The number of nitrogens with zero attached hydrogens (tertiary/aromatic N) is 1. The van der Waals surface area contributed by atoms with Gasteiger partial charge in [0, 0.05) is 25.6 Å². The van der Waals surface area contributed by atoms with Crippen LogP contribution in [0.3, 0.4) is 0 Å². The Labute approximate surface area is 170 Å². The summed E-state index contributed by atoms with van der Waals surface area (Å²) in [4.78, 5) is 12.4. The Kier molecular flexibility index (Phi) is 6.49. The standard InChI is InChI=1S/C18H19F3N2O4S2/c19-18(20,21)27-15-5-3-13(4-6-15)12-22-17(24)14-7-9-23(10-8-14)29(25,26)16-2-1-11-28-16/h1-6,11,14H,7-10,12H2,(H,22,24). The molecule has 1 aliphatic rings. The van der Waals surface area contributed by atoms with E-state index >= 15 is 0 Å². The van der Waals surface area contributed by atoms with Crippen LogP contribution in [0.2, 0.25) is 0 Å². The van der Waals surface area contributed by atoms with Gasteiger partial charge in [-0.1, -0.05) is 18.2 Å². The highest BCUT2D eigenvalue weighted by atomic mass is 32.2.